The van der Waals surface area contributed by atoms with E-state index in [0.717, 1.165) is 16.7 Å². The maximum absolute atomic E-state index is 14.6. The summed E-state index contributed by atoms with van der Waals surface area (Å²) in [4.78, 5) is 54.9. The van der Waals surface area contributed by atoms with Gasteiger partial charge in [0.2, 0.25) is 5.91 Å². The lowest BCUT2D eigenvalue weighted by Gasteiger charge is -2.33. The molecule has 0 saturated carbocycles. The number of hydrogen-bond donors (Lipinski definition) is 4. The molecule has 0 radical (unpaired) electrons. The number of nitrogens with one attached hydrogen (secondary N) is 2. The molecule has 5 rings (SSSR count). The molecule has 0 aliphatic carbocycles. The zero-order valence-corrected chi connectivity index (χ0v) is 26.2. The van der Waals surface area contributed by atoms with E-state index >= 15 is 0 Å². The van der Waals surface area contributed by atoms with Gasteiger partial charge in [-0.15, -0.1) is 11.8 Å². The number of carbonyl (C=O) groups is 4. The number of aliphatic hydroxyl groups is 1. The van der Waals surface area contributed by atoms with Crippen LogP contribution in [0.2, 0.25) is 0 Å². The zero-order valence-electron chi connectivity index (χ0n) is 25.3. The number of hydrogen-bond acceptors (Lipinski definition) is 7. The molecule has 11 heteroatoms. The third kappa shape index (κ3) is 8.57. The smallest absolute Gasteiger partial charge is 0.408 e. The first-order valence-electron chi connectivity index (χ1n) is 15.1. The quantitative estimate of drug-likeness (QED) is 0.175. The first-order valence-corrected chi connectivity index (χ1v) is 16.1. The van der Waals surface area contributed by atoms with Crippen LogP contribution in [0.4, 0.5) is 4.79 Å². The molecule has 242 valence electrons. The molecule has 4 aromatic carbocycles. The van der Waals surface area contributed by atoms with E-state index < -0.39 is 53.5 Å². The molecule has 1 aliphatic rings. The number of rotatable bonds is 12. The summed E-state index contributed by atoms with van der Waals surface area (Å²) in [6, 6.07) is 32.5. The monoisotopic (exact) mass is 653 g/mol. The summed E-state index contributed by atoms with van der Waals surface area (Å²) in [5.74, 6) is -2.46. The number of aliphatic hydroxyl groups excluding tert-OH is 1. The Morgan fingerprint density at radius 2 is 1.34 bits per heavy atom. The Bertz CT molecular complexity index is 1640. The van der Waals surface area contributed by atoms with Crippen molar-refractivity contribution >= 4 is 35.6 Å². The van der Waals surface area contributed by atoms with E-state index in [1.807, 2.05) is 66.7 Å². The molecule has 3 amide bonds. The Labute approximate surface area is 276 Å². The maximum atomic E-state index is 14.6. The van der Waals surface area contributed by atoms with Gasteiger partial charge in [-0.3, -0.25) is 9.59 Å². The number of alkyl carbamates (subject to hydrolysis) is 1. The largest absolute Gasteiger partial charge is 0.479 e. The Hall–Kier alpha value is -5.13. The van der Waals surface area contributed by atoms with Gasteiger partial charge in [0.25, 0.3) is 5.91 Å². The predicted molar refractivity (Wildman–Crippen MR) is 177 cm³/mol. The van der Waals surface area contributed by atoms with Crippen LogP contribution in [0, 0.1) is 0 Å². The first kappa shape index (κ1) is 33.2. The van der Waals surface area contributed by atoms with Gasteiger partial charge in [-0.2, -0.15) is 0 Å². The number of thioether (sulfide) groups is 1. The fraction of sp³-hybridized carbons (Fsp3) is 0.222. The summed E-state index contributed by atoms with van der Waals surface area (Å²) in [5.41, 5.74) is 2.75. The molecule has 0 spiro atoms. The second kappa shape index (κ2) is 15.9. The van der Waals surface area contributed by atoms with Crippen LogP contribution in [0.3, 0.4) is 0 Å². The highest BCUT2D eigenvalue weighted by Crippen LogP contribution is 2.43. The van der Waals surface area contributed by atoms with Crippen LogP contribution in [0.1, 0.15) is 33.7 Å². The average Bonchev–Trinajstić information content (AvgIpc) is 3.56. The van der Waals surface area contributed by atoms with Gasteiger partial charge in [-0.25, -0.2) is 9.59 Å². The van der Waals surface area contributed by atoms with Crippen molar-refractivity contribution < 1.29 is 34.1 Å². The zero-order chi connectivity index (χ0) is 33.2. The maximum Gasteiger partial charge on any atom is 0.408 e. The molecule has 1 heterocycles. The van der Waals surface area contributed by atoms with Gasteiger partial charge in [0.1, 0.15) is 24.1 Å². The summed E-state index contributed by atoms with van der Waals surface area (Å²) in [6.07, 6.45) is -2.65. The van der Waals surface area contributed by atoms with Crippen molar-refractivity contribution in [3.8, 4) is 0 Å². The van der Waals surface area contributed by atoms with Crippen LogP contribution in [-0.2, 0) is 32.1 Å². The van der Waals surface area contributed by atoms with Gasteiger partial charge in [0, 0.05) is 5.75 Å². The van der Waals surface area contributed by atoms with Crippen molar-refractivity contribution in [1.29, 1.82) is 0 Å². The van der Waals surface area contributed by atoms with Gasteiger partial charge in [-0.05, 0) is 28.7 Å². The van der Waals surface area contributed by atoms with E-state index in [4.69, 9.17) is 4.74 Å². The molecule has 1 fully saturated rings. The fourth-order valence-corrected chi connectivity index (χ4v) is 6.82. The highest BCUT2D eigenvalue weighted by atomic mass is 32.2. The van der Waals surface area contributed by atoms with Gasteiger partial charge in [-0.1, -0.05) is 121 Å². The molecule has 4 aromatic rings. The van der Waals surface area contributed by atoms with Crippen LogP contribution in [0.5, 0.6) is 0 Å². The number of nitrogens with zero attached hydrogens (tertiary/aromatic N) is 1. The second-order valence-electron chi connectivity index (χ2n) is 11.0. The minimum atomic E-state index is -1.89. The third-order valence-corrected chi connectivity index (χ3v) is 9.08. The summed E-state index contributed by atoms with van der Waals surface area (Å²) in [7, 11) is 0. The van der Waals surface area contributed by atoms with E-state index in [-0.39, 0.29) is 18.8 Å². The highest BCUT2D eigenvalue weighted by molar-refractivity contribution is 7.99. The topological polar surface area (TPSA) is 145 Å². The minimum Gasteiger partial charge on any atom is -0.479 e. The molecular weight excluding hydrogens is 618 g/mol. The summed E-state index contributed by atoms with van der Waals surface area (Å²) >= 11 is 1.37. The molecule has 10 nitrogen and oxygen atoms in total. The number of carboxylic acid groups (broad SMARTS) is 1. The molecule has 1 aliphatic heterocycles. The van der Waals surface area contributed by atoms with Crippen molar-refractivity contribution in [2.24, 2.45) is 0 Å². The third-order valence-electron chi connectivity index (χ3n) is 7.76. The Balaban J connectivity index is 1.43. The molecule has 0 bridgehead atoms. The lowest BCUT2D eigenvalue weighted by atomic mass is 10.00. The van der Waals surface area contributed by atoms with E-state index in [2.05, 4.69) is 10.6 Å². The highest BCUT2D eigenvalue weighted by Gasteiger charge is 2.46. The van der Waals surface area contributed by atoms with Crippen molar-refractivity contribution in [2.45, 2.75) is 42.6 Å². The van der Waals surface area contributed by atoms with Gasteiger partial charge < -0.3 is 30.5 Å². The minimum absolute atomic E-state index is 0.00564. The molecular formula is C36H35N3O7S. The number of carbonyl (C=O) groups excluding carboxylic acids is 3. The van der Waals surface area contributed by atoms with E-state index in [9.17, 15) is 29.4 Å². The standard InChI is InChI=1S/C36H35N3O7S/c40-31(35(43)44)28(21-24-13-5-1-6-14-24)37-32(41)29-23-47-34(27-19-11-4-12-20-27)39(29)33(42)30(26-17-9-3-10-18-26)38-36(45)46-22-25-15-7-2-8-16-25/h1-20,28-31,34,40H,21-23H2,(H,37,41)(H,38,45)(H,43,44)/t28-,29-,30-,31?,34?/m0/s1. The van der Waals surface area contributed by atoms with Crippen molar-refractivity contribution in [3.05, 3.63) is 144 Å². The van der Waals surface area contributed by atoms with Crippen LogP contribution in [0.25, 0.3) is 0 Å². The van der Waals surface area contributed by atoms with Crippen molar-refractivity contribution in [3.63, 3.8) is 0 Å². The van der Waals surface area contributed by atoms with Gasteiger partial charge >= 0.3 is 12.1 Å². The van der Waals surface area contributed by atoms with Crippen LogP contribution >= 0.6 is 11.8 Å². The molecule has 2 unspecified atom stereocenters. The molecule has 4 N–H and O–H groups in total. The van der Waals surface area contributed by atoms with Gasteiger partial charge in [0.15, 0.2) is 6.10 Å². The van der Waals surface area contributed by atoms with Crippen LogP contribution < -0.4 is 10.6 Å². The lowest BCUT2D eigenvalue weighted by Crippen LogP contribution is -2.56. The average molecular weight is 654 g/mol. The number of ether oxygens (including phenoxy) is 1. The van der Waals surface area contributed by atoms with Crippen molar-refractivity contribution in [2.75, 3.05) is 5.75 Å². The van der Waals surface area contributed by atoms with Crippen molar-refractivity contribution in [1.82, 2.24) is 15.5 Å². The normalized spacial score (nSPS) is 17.6. The Morgan fingerprint density at radius 1 is 0.787 bits per heavy atom. The molecule has 1 saturated heterocycles. The van der Waals surface area contributed by atoms with Gasteiger partial charge in [0.05, 0.1) is 6.04 Å². The summed E-state index contributed by atoms with van der Waals surface area (Å²) in [6.45, 7) is -0.00564. The van der Waals surface area contributed by atoms with E-state index in [1.54, 1.807) is 54.6 Å². The second-order valence-corrected chi connectivity index (χ2v) is 12.1. The predicted octanol–water partition coefficient (Wildman–Crippen LogP) is 4.47. The molecule has 0 aromatic heterocycles. The number of carboxylic acids is 1. The van der Waals surface area contributed by atoms with E-state index in [0.29, 0.717) is 5.56 Å². The number of amides is 3. The summed E-state index contributed by atoms with van der Waals surface area (Å²) in [5, 5.41) is 25.0. The molecule has 47 heavy (non-hydrogen) atoms. The lowest BCUT2D eigenvalue weighted by molar-refractivity contribution is -0.149. The Kier molecular flexibility index (Phi) is 11.3. The molecule has 5 atom stereocenters. The Morgan fingerprint density at radius 3 is 1.94 bits per heavy atom. The SMILES string of the molecule is O=C(N[C@H](C(=O)N1C(c2ccccc2)SC[C@H]1C(=O)N[C@@H](Cc1ccccc1)C(O)C(=O)O)c1ccccc1)OCc1ccccc1. The van der Waals surface area contributed by atoms with E-state index in [1.165, 1.54) is 16.7 Å². The number of aliphatic carboxylic acids is 1. The number of benzene rings is 4. The summed E-state index contributed by atoms with van der Waals surface area (Å²) < 4.78 is 5.45. The van der Waals surface area contributed by atoms with Crippen LogP contribution in [-0.4, -0.2) is 62.9 Å². The fourth-order valence-electron chi connectivity index (χ4n) is 5.38. The first-order chi connectivity index (χ1) is 22.8. The van der Waals surface area contributed by atoms with Crippen LogP contribution in [0.15, 0.2) is 121 Å².